The molecule has 152 valence electrons. The molecule has 0 spiro atoms. The lowest BCUT2D eigenvalue weighted by molar-refractivity contribution is 0.0849. The summed E-state index contributed by atoms with van der Waals surface area (Å²) >= 11 is 0. The second-order valence-electron chi connectivity index (χ2n) is 7.55. The number of carbonyl (C=O) groups excluding carboxylic acids is 1. The number of aliphatic hydroxyl groups is 1. The van der Waals surface area contributed by atoms with Crippen molar-refractivity contribution in [3.63, 3.8) is 0 Å². The zero-order chi connectivity index (χ0) is 20.1. The van der Waals surface area contributed by atoms with Gasteiger partial charge in [-0.3, -0.25) is 9.69 Å². The van der Waals surface area contributed by atoms with Crippen LogP contribution in [0.15, 0.2) is 48.9 Å². The van der Waals surface area contributed by atoms with Gasteiger partial charge in [0.1, 0.15) is 5.52 Å². The third kappa shape index (κ3) is 4.63. The van der Waals surface area contributed by atoms with Crippen LogP contribution in [0.25, 0.3) is 11.2 Å². The van der Waals surface area contributed by atoms with Gasteiger partial charge in [0, 0.05) is 25.3 Å². The van der Waals surface area contributed by atoms with Crippen LogP contribution in [0.1, 0.15) is 35.2 Å². The van der Waals surface area contributed by atoms with Gasteiger partial charge < -0.3 is 15.0 Å². The largest absolute Gasteiger partial charge is 0.395 e. The molecular formula is C22H27N5O2. The molecular weight excluding hydrogens is 366 g/mol. The molecule has 0 bridgehead atoms. The molecule has 2 aromatic heterocycles. The zero-order valence-corrected chi connectivity index (χ0v) is 16.5. The predicted octanol–water partition coefficient (Wildman–Crippen LogP) is 2.06. The van der Waals surface area contributed by atoms with Gasteiger partial charge in [-0.15, -0.1) is 0 Å². The van der Waals surface area contributed by atoms with E-state index in [2.05, 4.69) is 32.3 Å². The number of piperidine rings is 1. The van der Waals surface area contributed by atoms with Gasteiger partial charge in [0.25, 0.3) is 5.91 Å². The van der Waals surface area contributed by atoms with Crippen molar-refractivity contribution in [2.75, 3.05) is 26.2 Å². The molecule has 0 aliphatic carbocycles. The van der Waals surface area contributed by atoms with Crippen LogP contribution in [0.3, 0.4) is 0 Å². The molecule has 1 aliphatic rings. The maximum Gasteiger partial charge on any atom is 0.252 e. The van der Waals surface area contributed by atoms with E-state index in [0.717, 1.165) is 38.0 Å². The summed E-state index contributed by atoms with van der Waals surface area (Å²) < 4.78 is 1.98. The number of amides is 1. The normalized spacial score (nSPS) is 17.5. The number of aromatic nitrogens is 3. The Balaban J connectivity index is 1.37. The monoisotopic (exact) mass is 393 g/mol. The van der Waals surface area contributed by atoms with E-state index in [1.165, 1.54) is 5.56 Å². The van der Waals surface area contributed by atoms with Crippen LogP contribution in [-0.2, 0) is 6.54 Å². The number of carbonyl (C=O) groups is 1. The summed E-state index contributed by atoms with van der Waals surface area (Å²) in [4.78, 5) is 23.7. The summed E-state index contributed by atoms with van der Waals surface area (Å²) in [6.45, 7) is 3.15. The number of nitrogens with zero attached hydrogens (tertiary/aromatic N) is 4. The van der Waals surface area contributed by atoms with Crippen molar-refractivity contribution in [1.82, 2.24) is 24.8 Å². The summed E-state index contributed by atoms with van der Waals surface area (Å²) in [7, 11) is 0. The number of hydrogen-bond acceptors (Lipinski definition) is 5. The minimum Gasteiger partial charge on any atom is -0.395 e. The van der Waals surface area contributed by atoms with E-state index in [1.54, 1.807) is 18.6 Å². The first-order valence-corrected chi connectivity index (χ1v) is 10.2. The van der Waals surface area contributed by atoms with Crippen molar-refractivity contribution in [2.24, 2.45) is 0 Å². The molecule has 0 radical (unpaired) electrons. The van der Waals surface area contributed by atoms with Crippen molar-refractivity contribution in [3.8, 4) is 0 Å². The molecule has 4 rings (SSSR count). The molecule has 1 unspecified atom stereocenters. The van der Waals surface area contributed by atoms with Gasteiger partial charge in [-0.1, -0.05) is 36.8 Å². The van der Waals surface area contributed by atoms with Crippen LogP contribution in [0.5, 0.6) is 0 Å². The topological polar surface area (TPSA) is 83.3 Å². The third-order valence-corrected chi connectivity index (χ3v) is 5.56. The maximum absolute atomic E-state index is 12.5. The van der Waals surface area contributed by atoms with Gasteiger partial charge in [0.2, 0.25) is 0 Å². The number of hydrogen-bond donors (Lipinski definition) is 2. The fourth-order valence-electron chi connectivity index (χ4n) is 3.95. The van der Waals surface area contributed by atoms with Gasteiger partial charge in [0.15, 0.2) is 5.65 Å². The molecule has 7 heteroatoms. The molecule has 2 N–H and O–H groups in total. The highest BCUT2D eigenvalue weighted by Gasteiger charge is 2.21. The minimum atomic E-state index is -0.144. The lowest BCUT2D eigenvalue weighted by Gasteiger charge is -2.34. The van der Waals surface area contributed by atoms with Crippen molar-refractivity contribution in [2.45, 2.75) is 31.8 Å². The number of aliphatic hydroxyl groups excluding tert-OH is 1. The molecule has 1 fully saturated rings. The van der Waals surface area contributed by atoms with E-state index in [1.807, 2.05) is 22.8 Å². The van der Waals surface area contributed by atoms with Gasteiger partial charge in [-0.05, 0) is 31.0 Å². The molecule has 0 saturated carbocycles. The fraction of sp³-hybridized carbons (Fsp3) is 0.409. The first-order chi connectivity index (χ1) is 14.2. The number of pyridine rings is 1. The van der Waals surface area contributed by atoms with Crippen LogP contribution in [0.2, 0.25) is 0 Å². The fourth-order valence-corrected chi connectivity index (χ4v) is 3.95. The minimum absolute atomic E-state index is 0.144. The first kappa shape index (κ1) is 19.5. The Kier molecular flexibility index (Phi) is 6.17. The van der Waals surface area contributed by atoms with Crippen molar-refractivity contribution in [1.29, 1.82) is 0 Å². The Morgan fingerprint density at radius 2 is 2.07 bits per heavy atom. The van der Waals surface area contributed by atoms with E-state index < -0.39 is 0 Å². The highest BCUT2D eigenvalue weighted by molar-refractivity contribution is 5.96. The Morgan fingerprint density at radius 1 is 1.21 bits per heavy atom. The molecule has 3 aromatic rings. The van der Waals surface area contributed by atoms with Crippen LogP contribution in [-0.4, -0.2) is 62.7 Å². The molecule has 1 aliphatic heterocycles. The predicted molar refractivity (Wildman–Crippen MR) is 112 cm³/mol. The SMILES string of the molecule is O=C(NCCN1CCCCC1CO)c1cnc2c(c1)ncn2Cc1ccccc1. The summed E-state index contributed by atoms with van der Waals surface area (Å²) in [5, 5.41) is 12.5. The number of fused-ring (bicyclic) bond motifs is 1. The summed E-state index contributed by atoms with van der Waals surface area (Å²) in [5.41, 5.74) is 3.17. The van der Waals surface area contributed by atoms with Gasteiger partial charge in [0.05, 0.1) is 25.0 Å². The summed E-state index contributed by atoms with van der Waals surface area (Å²) in [6.07, 6.45) is 6.71. The standard InChI is InChI=1S/C22H27N5O2/c28-15-19-8-4-5-10-26(19)11-9-23-22(29)18-12-20-21(24-13-18)27(16-25-20)14-17-6-2-1-3-7-17/h1-3,6-7,12-13,16,19,28H,4-5,8-11,14-15H2,(H,23,29). The Labute approximate surface area is 170 Å². The number of rotatable bonds is 7. The van der Waals surface area contributed by atoms with Crippen LogP contribution in [0, 0.1) is 0 Å². The molecule has 1 saturated heterocycles. The van der Waals surface area contributed by atoms with Crippen molar-refractivity contribution < 1.29 is 9.90 Å². The van der Waals surface area contributed by atoms with E-state index in [-0.39, 0.29) is 18.6 Å². The number of imidazole rings is 1. The molecule has 7 nitrogen and oxygen atoms in total. The molecule has 3 heterocycles. The van der Waals surface area contributed by atoms with Gasteiger partial charge in [-0.2, -0.15) is 0 Å². The van der Waals surface area contributed by atoms with E-state index in [9.17, 15) is 9.90 Å². The first-order valence-electron chi connectivity index (χ1n) is 10.2. The van der Waals surface area contributed by atoms with Crippen LogP contribution >= 0.6 is 0 Å². The average Bonchev–Trinajstić information content (AvgIpc) is 3.16. The highest BCUT2D eigenvalue weighted by atomic mass is 16.3. The van der Waals surface area contributed by atoms with Gasteiger partial charge in [-0.25, -0.2) is 9.97 Å². The van der Waals surface area contributed by atoms with E-state index >= 15 is 0 Å². The molecule has 1 aromatic carbocycles. The van der Waals surface area contributed by atoms with Crippen LogP contribution in [0.4, 0.5) is 0 Å². The number of likely N-dealkylation sites (tertiary alicyclic amines) is 1. The lowest BCUT2D eigenvalue weighted by Crippen LogP contribution is -2.45. The van der Waals surface area contributed by atoms with Gasteiger partial charge >= 0.3 is 0 Å². The summed E-state index contributed by atoms with van der Waals surface area (Å²) in [6, 6.07) is 12.2. The van der Waals surface area contributed by atoms with Crippen molar-refractivity contribution in [3.05, 3.63) is 60.0 Å². The Bertz CT molecular complexity index is 956. The second-order valence-corrected chi connectivity index (χ2v) is 7.55. The second kappa shape index (κ2) is 9.15. The molecule has 29 heavy (non-hydrogen) atoms. The third-order valence-electron chi connectivity index (χ3n) is 5.56. The Hall–Kier alpha value is -2.77. The zero-order valence-electron chi connectivity index (χ0n) is 16.5. The summed E-state index contributed by atoms with van der Waals surface area (Å²) in [5.74, 6) is -0.144. The quantitative estimate of drug-likeness (QED) is 0.642. The molecule has 1 amide bonds. The van der Waals surface area contributed by atoms with E-state index in [4.69, 9.17) is 0 Å². The lowest BCUT2D eigenvalue weighted by atomic mass is 10.0. The average molecular weight is 393 g/mol. The van der Waals surface area contributed by atoms with Crippen molar-refractivity contribution >= 4 is 17.1 Å². The van der Waals surface area contributed by atoms with Crippen LogP contribution < -0.4 is 5.32 Å². The maximum atomic E-state index is 12.5. The molecule has 1 atom stereocenters. The highest BCUT2D eigenvalue weighted by Crippen LogP contribution is 2.16. The number of benzene rings is 1. The van der Waals surface area contributed by atoms with E-state index in [0.29, 0.717) is 24.2 Å². The smallest absolute Gasteiger partial charge is 0.252 e. The number of nitrogens with one attached hydrogen (secondary N) is 1. The Morgan fingerprint density at radius 3 is 2.90 bits per heavy atom.